The van der Waals surface area contributed by atoms with Crippen LogP contribution in [0.4, 0.5) is 0 Å². The fourth-order valence-electron chi connectivity index (χ4n) is 3.04. The van der Waals surface area contributed by atoms with E-state index in [1.807, 2.05) is 41.1 Å². The number of likely N-dealkylation sites (N-methyl/N-ethyl adjacent to an activating group) is 1. The third kappa shape index (κ3) is 5.62. The number of nitrogens with zero attached hydrogens (tertiary/aromatic N) is 2. The van der Waals surface area contributed by atoms with Crippen molar-refractivity contribution in [1.29, 1.82) is 0 Å². The van der Waals surface area contributed by atoms with E-state index in [0.717, 1.165) is 35.8 Å². The number of amides is 1. The predicted octanol–water partition coefficient (Wildman–Crippen LogP) is 2.39. The second kappa shape index (κ2) is 8.45. The van der Waals surface area contributed by atoms with Crippen LogP contribution in [0.3, 0.4) is 0 Å². The van der Waals surface area contributed by atoms with Gasteiger partial charge in [0.2, 0.25) is 5.91 Å². The summed E-state index contributed by atoms with van der Waals surface area (Å²) in [7, 11) is 1.85. The van der Waals surface area contributed by atoms with E-state index in [9.17, 15) is 9.59 Å². The van der Waals surface area contributed by atoms with Gasteiger partial charge in [0.1, 0.15) is 0 Å². The predicted molar refractivity (Wildman–Crippen MR) is 92.3 cm³/mol. The SMILES string of the molecule is CN(CC(=O)O)C1CCCN(C(=O)Cc2cccc(Br)c2)CC1. The lowest BCUT2D eigenvalue weighted by atomic mass is 10.1. The van der Waals surface area contributed by atoms with Crippen LogP contribution in [0, 0.1) is 0 Å². The molecule has 1 aromatic carbocycles. The molecule has 23 heavy (non-hydrogen) atoms. The highest BCUT2D eigenvalue weighted by molar-refractivity contribution is 9.10. The number of hydrogen-bond donors (Lipinski definition) is 1. The van der Waals surface area contributed by atoms with Gasteiger partial charge in [-0.05, 0) is 44.0 Å². The summed E-state index contributed by atoms with van der Waals surface area (Å²) in [5.41, 5.74) is 1.01. The zero-order valence-electron chi connectivity index (χ0n) is 13.4. The van der Waals surface area contributed by atoms with Crippen LogP contribution in [-0.2, 0) is 16.0 Å². The lowest BCUT2D eigenvalue weighted by molar-refractivity contribution is -0.138. The number of likely N-dealkylation sites (tertiary alicyclic amines) is 1. The Bertz CT molecular complexity index is 565. The molecule has 126 valence electrons. The van der Waals surface area contributed by atoms with Crippen LogP contribution in [0.25, 0.3) is 0 Å². The van der Waals surface area contributed by atoms with Gasteiger partial charge in [-0.25, -0.2) is 0 Å². The Balaban J connectivity index is 1.89. The van der Waals surface area contributed by atoms with Crippen LogP contribution in [0.2, 0.25) is 0 Å². The average Bonchev–Trinajstić information content (AvgIpc) is 2.72. The molecule has 2 rings (SSSR count). The molecule has 0 radical (unpaired) electrons. The maximum absolute atomic E-state index is 12.5. The van der Waals surface area contributed by atoms with Crippen molar-refractivity contribution in [3.8, 4) is 0 Å². The van der Waals surface area contributed by atoms with E-state index >= 15 is 0 Å². The number of carbonyl (C=O) groups excluding carboxylic acids is 1. The molecule has 1 aliphatic rings. The maximum Gasteiger partial charge on any atom is 0.317 e. The Hall–Kier alpha value is -1.40. The Kier molecular flexibility index (Phi) is 6.59. The van der Waals surface area contributed by atoms with Gasteiger partial charge in [0.15, 0.2) is 0 Å². The molecule has 1 atom stereocenters. The van der Waals surface area contributed by atoms with Crippen molar-refractivity contribution in [1.82, 2.24) is 9.80 Å². The van der Waals surface area contributed by atoms with Crippen LogP contribution >= 0.6 is 15.9 Å². The molecule has 1 unspecified atom stereocenters. The molecule has 0 spiro atoms. The first kappa shape index (κ1) is 17.9. The van der Waals surface area contributed by atoms with E-state index in [-0.39, 0.29) is 18.5 Å². The summed E-state index contributed by atoms with van der Waals surface area (Å²) in [6, 6.07) is 8.05. The normalized spacial score (nSPS) is 18.7. The van der Waals surface area contributed by atoms with Gasteiger partial charge in [0.25, 0.3) is 0 Å². The molecule has 1 fully saturated rings. The Morgan fingerprint density at radius 1 is 1.35 bits per heavy atom. The fraction of sp³-hybridized carbons (Fsp3) is 0.529. The zero-order valence-corrected chi connectivity index (χ0v) is 15.0. The molecule has 6 heteroatoms. The monoisotopic (exact) mass is 382 g/mol. The summed E-state index contributed by atoms with van der Waals surface area (Å²) in [5.74, 6) is -0.663. The van der Waals surface area contributed by atoms with Gasteiger partial charge >= 0.3 is 5.97 Å². The minimum absolute atomic E-state index is 0.0522. The van der Waals surface area contributed by atoms with E-state index in [4.69, 9.17) is 5.11 Å². The summed E-state index contributed by atoms with van der Waals surface area (Å²) >= 11 is 3.43. The summed E-state index contributed by atoms with van der Waals surface area (Å²) < 4.78 is 0.981. The average molecular weight is 383 g/mol. The smallest absolute Gasteiger partial charge is 0.317 e. The van der Waals surface area contributed by atoms with Gasteiger partial charge in [-0.15, -0.1) is 0 Å². The Labute approximate surface area is 145 Å². The number of carboxylic acid groups (broad SMARTS) is 1. The van der Waals surface area contributed by atoms with Gasteiger partial charge < -0.3 is 10.0 Å². The summed E-state index contributed by atoms with van der Waals surface area (Å²) in [5, 5.41) is 8.90. The number of aliphatic carboxylic acids is 1. The number of hydrogen-bond acceptors (Lipinski definition) is 3. The van der Waals surface area contributed by atoms with Gasteiger partial charge in [-0.1, -0.05) is 28.1 Å². The Morgan fingerprint density at radius 2 is 2.13 bits per heavy atom. The Morgan fingerprint density at radius 3 is 2.83 bits per heavy atom. The quantitative estimate of drug-likeness (QED) is 0.848. The standard InChI is InChI=1S/C17H23BrN2O3/c1-19(12-17(22)23)15-6-3-8-20(9-7-15)16(21)11-13-4-2-5-14(18)10-13/h2,4-5,10,15H,3,6-9,11-12H2,1H3,(H,22,23). The van der Waals surface area contributed by atoms with Crippen molar-refractivity contribution in [2.75, 3.05) is 26.7 Å². The van der Waals surface area contributed by atoms with Crippen LogP contribution < -0.4 is 0 Å². The van der Waals surface area contributed by atoms with Crippen molar-refractivity contribution >= 4 is 27.8 Å². The molecular weight excluding hydrogens is 360 g/mol. The van der Waals surface area contributed by atoms with E-state index in [1.165, 1.54) is 0 Å². The summed E-state index contributed by atoms with van der Waals surface area (Å²) in [4.78, 5) is 27.1. The van der Waals surface area contributed by atoms with Crippen molar-refractivity contribution in [3.63, 3.8) is 0 Å². The molecule has 1 saturated heterocycles. The first-order chi connectivity index (χ1) is 11.0. The largest absolute Gasteiger partial charge is 0.480 e. The highest BCUT2D eigenvalue weighted by Crippen LogP contribution is 2.18. The van der Waals surface area contributed by atoms with Crippen LogP contribution in [0.1, 0.15) is 24.8 Å². The maximum atomic E-state index is 12.5. The van der Waals surface area contributed by atoms with Crippen LogP contribution in [-0.4, -0.2) is 59.5 Å². The molecule has 1 aliphatic heterocycles. The lowest BCUT2D eigenvalue weighted by Gasteiger charge is -2.25. The third-order valence-corrected chi connectivity index (χ3v) is 4.80. The van der Waals surface area contributed by atoms with Crippen molar-refractivity contribution < 1.29 is 14.7 Å². The number of carbonyl (C=O) groups is 2. The highest BCUT2D eigenvalue weighted by Gasteiger charge is 2.23. The molecule has 0 aromatic heterocycles. The van der Waals surface area contributed by atoms with Crippen molar-refractivity contribution in [2.45, 2.75) is 31.7 Å². The molecule has 1 amide bonds. The van der Waals surface area contributed by atoms with Gasteiger partial charge in [-0.2, -0.15) is 0 Å². The number of benzene rings is 1. The molecular formula is C17H23BrN2O3. The molecule has 1 heterocycles. The molecule has 0 bridgehead atoms. The van der Waals surface area contributed by atoms with E-state index < -0.39 is 5.97 Å². The van der Waals surface area contributed by atoms with Crippen molar-refractivity contribution in [2.24, 2.45) is 0 Å². The third-order valence-electron chi connectivity index (χ3n) is 4.30. The number of rotatable bonds is 5. The van der Waals surface area contributed by atoms with Crippen LogP contribution in [0.15, 0.2) is 28.7 Å². The van der Waals surface area contributed by atoms with Gasteiger partial charge in [-0.3, -0.25) is 14.5 Å². The van der Waals surface area contributed by atoms with Crippen LogP contribution in [0.5, 0.6) is 0 Å². The first-order valence-corrected chi connectivity index (χ1v) is 8.69. The summed E-state index contributed by atoms with van der Waals surface area (Å²) in [6.45, 7) is 1.50. The second-order valence-corrected chi connectivity index (χ2v) is 7.00. The van der Waals surface area contributed by atoms with Gasteiger partial charge in [0, 0.05) is 23.6 Å². The van der Waals surface area contributed by atoms with E-state index in [1.54, 1.807) is 0 Å². The van der Waals surface area contributed by atoms with Crippen molar-refractivity contribution in [3.05, 3.63) is 34.3 Å². The molecule has 5 nitrogen and oxygen atoms in total. The number of halogens is 1. The minimum Gasteiger partial charge on any atom is -0.480 e. The molecule has 1 aromatic rings. The second-order valence-electron chi connectivity index (χ2n) is 6.08. The molecule has 0 saturated carbocycles. The lowest BCUT2D eigenvalue weighted by Crippen LogP contribution is -2.37. The topological polar surface area (TPSA) is 60.9 Å². The fourth-order valence-corrected chi connectivity index (χ4v) is 3.49. The zero-order chi connectivity index (χ0) is 16.8. The van der Waals surface area contributed by atoms with E-state index in [0.29, 0.717) is 13.0 Å². The first-order valence-electron chi connectivity index (χ1n) is 7.90. The minimum atomic E-state index is -0.806. The number of carboxylic acids is 1. The highest BCUT2D eigenvalue weighted by atomic mass is 79.9. The molecule has 0 aliphatic carbocycles. The molecule has 1 N–H and O–H groups in total. The van der Waals surface area contributed by atoms with Gasteiger partial charge in [0.05, 0.1) is 13.0 Å². The van der Waals surface area contributed by atoms with E-state index in [2.05, 4.69) is 15.9 Å². The summed E-state index contributed by atoms with van der Waals surface area (Å²) in [6.07, 6.45) is 3.09.